The molecule has 13 unspecified atom stereocenters. The van der Waals surface area contributed by atoms with Crippen LogP contribution in [-0.4, -0.2) is 102 Å². The number of esters is 4. The summed E-state index contributed by atoms with van der Waals surface area (Å²) in [4.78, 5) is 114. The molecule has 1 N–H and O–H groups in total. The number of carbonyl (C=O) groups excluding carboxylic acids is 8. The third-order valence-electron chi connectivity index (χ3n) is 53.6. The molecule has 0 bridgehead atoms. The van der Waals surface area contributed by atoms with Crippen LogP contribution in [0.2, 0.25) is 0 Å². The Kier molecular flexibility index (Phi) is 27.1. The highest BCUT2D eigenvalue weighted by Gasteiger charge is 2.79. The van der Waals surface area contributed by atoms with Gasteiger partial charge in [-0.15, -0.1) is 0 Å². The van der Waals surface area contributed by atoms with E-state index in [1.54, 1.807) is 0 Å². The number of nitrogens with zero attached hydrogens (tertiary/aromatic N) is 2. The maximum absolute atomic E-state index is 14.4. The lowest BCUT2D eigenvalue weighted by Crippen LogP contribution is -2.68. The Labute approximate surface area is 871 Å². The number of halogens is 1. The van der Waals surface area contributed by atoms with Gasteiger partial charge in [0, 0.05) is 40.2 Å². The van der Waals surface area contributed by atoms with Gasteiger partial charge in [0.2, 0.25) is 6.04 Å². The van der Waals surface area contributed by atoms with E-state index in [2.05, 4.69) is 230 Å². The molecule has 0 radical (unpaired) electrons. The summed E-state index contributed by atoms with van der Waals surface area (Å²) in [5, 5.41) is 13.4. The van der Waals surface area contributed by atoms with Crippen LogP contribution in [0.4, 0.5) is 0 Å². The van der Waals surface area contributed by atoms with Gasteiger partial charge in [-0.25, -0.2) is 6.57 Å². The topological polar surface area (TPSA) is 210 Å². The lowest BCUT2D eigenvalue weighted by atomic mass is 9.33. The van der Waals surface area contributed by atoms with Gasteiger partial charge in [0.25, 0.3) is 0 Å². The largest absolute Gasteiger partial charge is 0.469 e. The highest BCUT2D eigenvalue weighted by Crippen LogP contribution is 2.83. The fourth-order valence-electron chi connectivity index (χ4n) is 43.6. The molecular weight excluding hydrogens is 1850 g/mol. The molecule has 17 heteroatoms. The van der Waals surface area contributed by atoms with Gasteiger partial charge in [-0.2, -0.15) is 12.6 Å². The summed E-state index contributed by atoms with van der Waals surface area (Å²) in [6, 6.07) is -0.382. The number of carbonyl (C=O) groups is 8. The number of fused-ring (bicyclic) bond motifs is 28. The molecule has 0 amide bonds. The van der Waals surface area contributed by atoms with E-state index in [0.717, 1.165) is 103 Å². The summed E-state index contributed by atoms with van der Waals surface area (Å²) in [5.41, 5.74) is 2.92. The van der Waals surface area contributed by atoms with Crippen molar-refractivity contribution in [3.63, 3.8) is 0 Å². The normalized spacial score (nSPS) is 54.7. The zero-order chi connectivity index (χ0) is 104. The molecule has 0 aromatic carbocycles. The van der Waals surface area contributed by atoms with Crippen molar-refractivity contribution in [2.24, 2.45) is 232 Å². The van der Waals surface area contributed by atoms with Gasteiger partial charge < -0.3 is 29.0 Å². The van der Waals surface area contributed by atoms with Crippen LogP contribution in [0.15, 0.2) is 51.8 Å². The summed E-state index contributed by atoms with van der Waals surface area (Å²) in [6.45, 7) is 74.2. The van der Waals surface area contributed by atoms with E-state index >= 15 is 0 Å². The second-order valence-corrected chi connectivity index (χ2v) is 60.2. The van der Waals surface area contributed by atoms with E-state index in [4.69, 9.17) is 38.1 Å². The molecule has 0 saturated heterocycles. The third-order valence-corrected chi connectivity index (χ3v) is 55.8. The lowest BCUT2D eigenvalue weighted by molar-refractivity contribution is -0.199. The number of alkyl halides is 1. The summed E-state index contributed by atoms with van der Waals surface area (Å²) in [7, 11) is 5.87. The van der Waals surface area contributed by atoms with Crippen molar-refractivity contribution in [2.75, 3.05) is 28.4 Å². The second kappa shape index (κ2) is 35.5. The first-order valence-electron chi connectivity index (χ1n) is 57.2. The summed E-state index contributed by atoms with van der Waals surface area (Å²) in [5.74, 6) is 7.27. The number of ketones is 4. The van der Waals surface area contributed by atoms with Crippen molar-refractivity contribution in [2.45, 2.75) is 415 Å². The van der Waals surface area contributed by atoms with Gasteiger partial charge >= 0.3 is 23.9 Å². The Balaban J connectivity index is 0.000000130. The van der Waals surface area contributed by atoms with Crippen LogP contribution in [-0.2, 0) is 57.3 Å². The summed E-state index contributed by atoms with van der Waals surface area (Å²) >= 11 is 8.80. The molecule has 0 aromatic rings. The first kappa shape index (κ1) is 109. The van der Waals surface area contributed by atoms with Crippen molar-refractivity contribution in [1.29, 1.82) is 0 Å². The number of allylic oxidation sites excluding steroid dienone is 8. The Bertz CT molecular complexity index is 5180. The number of hydrogen-bond acceptors (Lipinski definition) is 15. The molecule has 0 aliphatic heterocycles. The van der Waals surface area contributed by atoms with E-state index in [1.165, 1.54) is 141 Å². The number of ether oxygens (including phenoxy) is 4. The SMILES string of the molecule is COC(=O)[C@@]1(C)/C(=N\O)CC[C@@]2(C)C1CC[C@]1(C)C2C(=O)C=C2C3[C@@H](C)[C@H](C)CC[C@]3(C)CC[C@]21C.COC(=O)[C@]1(C)C2CC[C@]3(C)C(C(=O)C=C4C5[C@@H](C)[C@H](C)CC[C@]5(C)CC[C@]43C)[C@@]2(C)CC[C@@H]1Br.COC(=O)[C@]1(C)C2CC[C@]3(C)C(C(=O)C=C4C5[C@@H](C)[C@H](C)CC[C@]5(C)CC[C@]43C)[C@@]2(C)CC[C@H]1S.[C-]#[N+]C1CC[C@@]2(C)C(CC[C@]3(C)C2C(=O)C=C2C4[C@@H](C)[C@H](C)CC[C@]4(C)CC[C@]23C)[C@@]1(C)C(=O)OC. The number of oxime groups is 1. The van der Waals surface area contributed by atoms with E-state index in [0.29, 0.717) is 123 Å². The lowest BCUT2D eigenvalue weighted by Gasteiger charge is -2.70. The van der Waals surface area contributed by atoms with Crippen molar-refractivity contribution in [3.8, 4) is 0 Å². The minimum absolute atomic E-state index is 0.00658. The standard InChI is InChI=1S/C32H47NO3.C31H47BrO3.C31H47NO4.C31H48O3S/c1-19-10-13-28(3)16-17-30(5)21(25(28)20(19)2)18-22(34)26-29(4)14-12-24(33-8)32(7,27(35)36-9)23(29)11-15-31(26,30)6;1-18-9-12-27(3)15-16-29(5)20(24(27)19(18)2)17-21(33)25-28(4)13-11-23(32)31(7,26(34)35-8)22(28)10-14-30(25,29)6;1-18-9-12-27(3)15-16-29(5)20(24(27)19(18)2)17-21(33)25-28(4)13-11-23(32-35)31(7,26(34)36-8)22(28)10-14-30(25,29)6;1-18-9-12-27(3)15-16-29(5)20(24(27)19(18)2)17-21(32)25-28(4)13-11-23(35)31(7,26(33)34-8)22(28)10-14-30(25,29)6/h18-20,23-26H,10-17H2,1-7,9H3;17-19,22-25H,9-16H2,1-8H3;17-19,22,24-25,35H,9-16H2,1-8H3;17-19,22-25,35H,9-16H2,1-8H3/b;;32-23-;/t19-,20+,23?,24?,25?,26?,28-,29+,30-,31-,32-;18-,19+,22?,23+,24?,25?,27-,28+,29-,30-,31-;18-,19+,22?,24?,25?,27-,28+,29-,30-,31-;18-,19+,22?,23-,24?,25?,27-,28+,29-,30-,31-/m1111/s1. The van der Waals surface area contributed by atoms with Crippen LogP contribution < -0.4 is 0 Å². The van der Waals surface area contributed by atoms with Gasteiger partial charge in [-0.1, -0.05) is 210 Å². The Morgan fingerprint density at radius 3 is 0.915 bits per heavy atom. The van der Waals surface area contributed by atoms with E-state index < -0.39 is 21.7 Å². The van der Waals surface area contributed by atoms with Gasteiger partial charge in [0.05, 0.1) is 45.0 Å². The molecule has 16 fully saturated rings. The third kappa shape index (κ3) is 14.2. The maximum Gasteiger partial charge on any atom is 0.319 e. The van der Waals surface area contributed by atoms with Gasteiger partial charge in [-0.3, -0.25) is 38.4 Å². The Morgan fingerprint density at radius 2 is 0.613 bits per heavy atom. The highest BCUT2D eigenvalue weighted by atomic mass is 79.9. The quantitative estimate of drug-likeness (QED) is 0.0511. The number of thiol groups is 1. The number of hydrogen-bond donors (Lipinski definition) is 2. The molecule has 142 heavy (non-hydrogen) atoms. The Morgan fingerprint density at radius 1 is 0.345 bits per heavy atom. The molecule has 0 heterocycles. The molecule has 0 aromatic heterocycles. The molecule has 43 atom stereocenters. The first-order chi connectivity index (χ1) is 65.9. The molecular formula is C125H189BrN2O13S. The predicted octanol–water partition coefficient (Wildman–Crippen LogP) is 29.2. The first-order valence-corrected chi connectivity index (χ1v) is 58.6. The monoisotopic (exact) mass is 2040 g/mol. The zero-order valence-corrected chi connectivity index (χ0v) is 96.8. The van der Waals surface area contributed by atoms with Gasteiger partial charge in [0.1, 0.15) is 10.8 Å². The zero-order valence-electron chi connectivity index (χ0n) is 94.3. The van der Waals surface area contributed by atoms with Crippen molar-refractivity contribution >= 4 is 81.3 Å². The van der Waals surface area contributed by atoms with E-state index in [-0.39, 0.29) is 164 Å². The van der Waals surface area contributed by atoms with Crippen LogP contribution in [0.1, 0.15) is 399 Å². The van der Waals surface area contributed by atoms with Crippen molar-refractivity contribution in [1.82, 2.24) is 0 Å². The number of rotatable bonds is 4. The molecule has 790 valence electrons. The average Bonchev–Trinajstić information content (AvgIpc) is 0.678. The maximum atomic E-state index is 14.4. The molecule has 20 aliphatic rings. The van der Waals surface area contributed by atoms with E-state index in [1.807, 2.05) is 13.8 Å². The minimum Gasteiger partial charge on any atom is -0.469 e. The van der Waals surface area contributed by atoms with Crippen molar-refractivity contribution in [3.05, 3.63) is 58.0 Å². The fourth-order valence-corrected chi connectivity index (χ4v) is 44.7. The summed E-state index contributed by atoms with van der Waals surface area (Å²) in [6.07, 6.45) is 42.4. The Hall–Kier alpha value is -4.69. The smallest absolute Gasteiger partial charge is 0.319 e. The van der Waals surface area contributed by atoms with Crippen LogP contribution in [0.5, 0.6) is 0 Å². The highest BCUT2D eigenvalue weighted by molar-refractivity contribution is 9.09. The number of methoxy groups -OCH3 is 4. The van der Waals surface area contributed by atoms with Crippen LogP contribution in [0, 0.1) is 233 Å². The predicted molar refractivity (Wildman–Crippen MR) is 571 cm³/mol. The van der Waals surface area contributed by atoms with E-state index in [9.17, 15) is 43.6 Å². The van der Waals surface area contributed by atoms with Crippen LogP contribution in [0.25, 0.3) is 4.85 Å². The van der Waals surface area contributed by atoms with Gasteiger partial charge in [-0.05, 0) is 432 Å². The fraction of sp³-hybridized carbons (Fsp3) is 0.856. The second-order valence-electron chi connectivity index (χ2n) is 58.5. The van der Waals surface area contributed by atoms with Crippen LogP contribution in [0.3, 0.4) is 0 Å². The molecule has 15 nitrogen and oxygen atoms in total. The van der Waals surface area contributed by atoms with Gasteiger partial charge in [0.15, 0.2) is 23.1 Å². The molecule has 0 spiro atoms. The summed E-state index contributed by atoms with van der Waals surface area (Å²) < 4.78 is 21.3. The molecule has 16 saturated carbocycles. The van der Waals surface area contributed by atoms with Crippen molar-refractivity contribution < 1.29 is 62.5 Å². The molecule has 20 rings (SSSR count). The molecule has 20 aliphatic carbocycles. The average molecular weight is 2040 g/mol. The minimum atomic E-state index is -1.01. The van der Waals surface area contributed by atoms with Crippen LogP contribution >= 0.6 is 28.6 Å².